The zero-order chi connectivity index (χ0) is 14.5. The number of hydrogen-bond donors (Lipinski definition) is 2. The maximum atomic E-state index is 10.1. The van der Waals surface area contributed by atoms with Crippen LogP contribution in [-0.2, 0) is 0 Å². The van der Waals surface area contributed by atoms with Crippen LogP contribution in [0.5, 0.6) is 5.75 Å². The SMILES string of the molecule is COc1cccc(N(CCO)C2CCCC2)c1C(C)O. The van der Waals surface area contributed by atoms with Crippen LogP contribution in [0.3, 0.4) is 0 Å². The Labute approximate surface area is 121 Å². The van der Waals surface area contributed by atoms with E-state index in [1.165, 1.54) is 12.8 Å². The Bertz CT molecular complexity index is 428. The topological polar surface area (TPSA) is 52.9 Å². The fourth-order valence-corrected chi connectivity index (χ4v) is 3.20. The zero-order valence-corrected chi connectivity index (χ0v) is 12.4. The van der Waals surface area contributed by atoms with E-state index in [4.69, 9.17) is 4.74 Å². The van der Waals surface area contributed by atoms with Crippen molar-refractivity contribution in [1.82, 2.24) is 0 Å². The Morgan fingerprint density at radius 2 is 2.05 bits per heavy atom. The van der Waals surface area contributed by atoms with Gasteiger partial charge in [-0.25, -0.2) is 0 Å². The molecule has 0 bridgehead atoms. The summed E-state index contributed by atoms with van der Waals surface area (Å²) in [4.78, 5) is 2.23. The molecule has 1 fully saturated rings. The van der Waals surface area contributed by atoms with Gasteiger partial charge in [-0.05, 0) is 31.9 Å². The number of aliphatic hydroxyl groups is 2. The summed E-state index contributed by atoms with van der Waals surface area (Å²) in [6.07, 6.45) is 4.18. The van der Waals surface area contributed by atoms with Gasteiger partial charge in [0.05, 0.1) is 19.8 Å². The molecule has 0 amide bonds. The highest BCUT2D eigenvalue weighted by atomic mass is 16.5. The van der Waals surface area contributed by atoms with E-state index < -0.39 is 6.10 Å². The van der Waals surface area contributed by atoms with Crippen LogP contribution in [0.15, 0.2) is 18.2 Å². The second kappa shape index (κ2) is 6.95. The van der Waals surface area contributed by atoms with Crippen molar-refractivity contribution in [3.05, 3.63) is 23.8 Å². The Kier molecular flexibility index (Phi) is 5.26. The lowest BCUT2D eigenvalue weighted by atomic mass is 10.0. The van der Waals surface area contributed by atoms with Gasteiger partial charge >= 0.3 is 0 Å². The number of aliphatic hydroxyl groups excluding tert-OH is 2. The molecule has 0 heterocycles. The quantitative estimate of drug-likeness (QED) is 0.840. The highest BCUT2D eigenvalue weighted by molar-refractivity contribution is 5.61. The maximum Gasteiger partial charge on any atom is 0.126 e. The number of nitrogens with zero attached hydrogens (tertiary/aromatic N) is 1. The molecule has 2 rings (SSSR count). The minimum atomic E-state index is -0.594. The summed E-state index contributed by atoms with van der Waals surface area (Å²) in [5.74, 6) is 0.707. The zero-order valence-electron chi connectivity index (χ0n) is 12.4. The molecule has 4 heteroatoms. The van der Waals surface area contributed by atoms with Gasteiger partial charge in [0, 0.05) is 23.8 Å². The van der Waals surface area contributed by atoms with E-state index in [0.717, 1.165) is 24.1 Å². The molecule has 1 unspecified atom stereocenters. The largest absolute Gasteiger partial charge is 0.496 e. The van der Waals surface area contributed by atoms with E-state index in [0.29, 0.717) is 18.3 Å². The van der Waals surface area contributed by atoms with Gasteiger partial charge in [-0.15, -0.1) is 0 Å². The van der Waals surface area contributed by atoms with E-state index in [-0.39, 0.29) is 6.61 Å². The molecule has 1 aromatic carbocycles. The molecular weight excluding hydrogens is 254 g/mol. The molecule has 1 atom stereocenters. The third-order valence-electron chi connectivity index (χ3n) is 4.10. The molecule has 1 aliphatic carbocycles. The van der Waals surface area contributed by atoms with Crippen molar-refractivity contribution < 1.29 is 14.9 Å². The minimum Gasteiger partial charge on any atom is -0.496 e. The van der Waals surface area contributed by atoms with Gasteiger partial charge in [0.1, 0.15) is 5.75 Å². The Hall–Kier alpha value is -1.26. The maximum absolute atomic E-state index is 10.1. The first kappa shape index (κ1) is 15.1. The summed E-state index contributed by atoms with van der Waals surface area (Å²) >= 11 is 0. The molecule has 0 aliphatic heterocycles. The van der Waals surface area contributed by atoms with Crippen LogP contribution < -0.4 is 9.64 Å². The fraction of sp³-hybridized carbons (Fsp3) is 0.625. The first-order valence-corrected chi connectivity index (χ1v) is 7.41. The molecule has 112 valence electrons. The summed E-state index contributed by atoms with van der Waals surface area (Å²) in [6.45, 7) is 2.47. The second-order valence-electron chi connectivity index (χ2n) is 5.42. The first-order chi connectivity index (χ1) is 9.69. The van der Waals surface area contributed by atoms with Crippen LogP contribution in [0.2, 0.25) is 0 Å². The van der Waals surface area contributed by atoms with Gasteiger partial charge in [0.25, 0.3) is 0 Å². The predicted molar refractivity (Wildman–Crippen MR) is 80.3 cm³/mol. The van der Waals surface area contributed by atoms with Crippen molar-refractivity contribution in [2.75, 3.05) is 25.2 Å². The van der Waals surface area contributed by atoms with Gasteiger partial charge in [-0.3, -0.25) is 0 Å². The molecule has 1 aromatic rings. The number of benzene rings is 1. The number of rotatable bonds is 6. The fourth-order valence-electron chi connectivity index (χ4n) is 3.20. The van der Waals surface area contributed by atoms with Gasteiger partial charge in [0.15, 0.2) is 0 Å². The molecular formula is C16H25NO3. The van der Waals surface area contributed by atoms with Crippen LogP contribution in [0.25, 0.3) is 0 Å². The molecule has 0 saturated heterocycles. The summed E-state index contributed by atoms with van der Waals surface area (Å²) in [5, 5.41) is 19.5. The highest BCUT2D eigenvalue weighted by Crippen LogP contribution is 2.37. The van der Waals surface area contributed by atoms with Crippen LogP contribution >= 0.6 is 0 Å². The molecule has 1 saturated carbocycles. The third-order valence-corrected chi connectivity index (χ3v) is 4.10. The lowest BCUT2D eigenvalue weighted by Gasteiger charge is -2.33. The Morgan fingerprint density at radius 3 is 2.60 bits per heavy atom. The van der Waals surface area contributed by atoms with Crippen LogP contribution in [0.4, 0.5) is 5.69 Å². The summed E-state index contributed by atoms with van der Waals surface area (Å²) < 4.78 is 5.39. The first-order valence-electron chi connectivity index (χ1n) is 7.41. The van der Waals surface area contributed by atoms with E-state index >= 15 is 0 Å². The number of methoxy groups -OCH3 is 1. The average molecular weight is 279 g/mol. The molecule has 1 aliphatic rings. The van der Waals surface area contributed by atoms with E-state index in [9.17, 15) is 10.2 Å². The molecule has 0 spiro atoms. The van der Waals surface area contributed by atoms with Gasteiger partial charge < -0.3 is 19.8 Å². The van der Waals surface area contributed by atoms with Gasteiger partial charge in [-0.1, -0.05) is 18.9 Å². The van der Waals surface area contributed by atoms with Gasteiger partial charge in [-0.2, -0.15) is 0 Å². The number of anilines is 1. The monoisotopic (exact) mass is 279 g/mol. The lowest BCUT2D eigenvalue weighted by Crippen LogP contribution is -2.36. The lowest BCUT2D eigenvalue weighted by molar-refractivity contribution is 0.194. The number of hydrogen-bond acceptors (Lipinski definition) is 4. The van der Waals surface area contributed by atoms with Crippen molar-refractivity contribution in [2.24, 2.45) is 0 Å². The van der Waals surface area contributed by atoms with E-state index in [1.807, 2.05) is 18.2 Å². The Balaban J connectivity index is 2.41. The Morgan fingerprint density at radius 1 is 1.35 bits per heavy atom. The molecule has 4 nitrogen and oxygen atoms in total. The smallest absolute Gasteiger partial charge is 0.126 e. The van der Waals surface area contributed by atoms with Gasteiger partial charge in [0.2, 0.25) is 0 Å². The molecule has 20 heavy (non-hydrogen) atoms. The van der Waals surface area contributed by atoms with Crippen molar-refractivity contribution in [1.29, 1.82) is 0 Å². The molecule has 0 aromatic heterocycles. The van der Waals surface area contributed by atoms with Crippen molar-refractivity contribution in [3.63, 3.8) is 0 Å². The van der Waals surface area contributed by atoms with Crippen LogP contribution in [-0.4, -0.2) is 36.5 Å². The third kappa shape index (κ3) is 3.07. The van der Waals surface area contributed by atoms with Crippen molar-refractivity contribution >= 4 is 5.69 Å². The van der Waals surface area contributed by atoms with Crippen LogP contribution in [0.1, 0.15) is 44.3 Å². The molecule has 2 N–H and O–H groups in total. The normalized spacial score (nSPS) is 17.2. The second-order valence-corrected chi connectivity index (χ2v) is 5.42. The van der Waals surface area contributed by atoms with E-state index in [1.54, 1.807) is 14.0 Å². The average Bonchev–Trinajstić information content (AvgIpc) is 2.97. The minimum absolute atomic E-state index is 0.118. The summed E-state index contributed by atoms with van der Waals surface area (Å²) in [5.41, 5.74) is 1.80. The summed E-state index contributed by atoms with van der Waals surface area (Å²) in [6, 6.07) is 6.28. The molecule has 0 radical (unpaired) electrons. The number of ether oxygens (including phenoxy) is 1. The van der Waals surface area contributed by atoms with Crippen molar-refractivity contribution in [3.8, 4) is 5.75 Å². The summed E-state index contributed by atoms with van der Waals surface area (Å²) in [7, 11) is 1.62. The predicted octanol–water partition coefficient (Wildman–Crippen LogP) is 2.49. The van der Waals surface area contributed by atoms with E-state index in [2.05, 4.69) is 4.90 Å². The van der Waals surface area contributed by atoms with Crippen molar-refractivity contribution in [2.45, 2.75) is 44.8 Å². The standard InChI is InChI=1S/C16H25NO3/c1-12(19)16-14(8-5-9-15(16)20-2)17(10-11-18)13-6-3-4-7-13/h5,8-9,12-13,18-19H,3-4,6-7,10-11H2,1-2H3. The van der Waals surface area contributed by atoms with Crippen LogP contribution in [0, 0.1) is 0 Å². The highest BCUT2D eigenvalue weighted by Gasteiger charge is 2.26.